The number of hydrogen-bond donors (Lipinski definition) is 1. The Balaban J connectivity index is 2.86. The van der Waals surface area contributed by atoms with Gasteiger partial charge in [-0.05, 0) is 32.4 Å². The zero-order chi connectivity index (χ0) is 15.7. The Morgan fingerprint density at radius 1 is 1.24 bits per heavy atom. The number of hydrogen-bond acceptors (Lipinski definition) is 3. The van der Waals surface area contributed by atoms with Crippen molar-refractivity contribution in [2.45, 2.75) is 52.6 Å². The summed E-state index contributed by atoms with van der Waals surface area (Å²) < 4.78 is 5.85. The number of rotatable bonds is 10. The zero-order valence-electron chi connectivity index (χ0n) is 13.3. The van der Waals surface area contributed by atoms with Crippen LogP contribution in [0.4, 0.5) is 5.69 Å². The first-order valence-electron chi connectivity index (χ1n) is 7.77. The lowest BCUT2D eigenvalue weighted by Gasteiger charge is -2.27. The van der Waals surface area contributed by atoms with E-state index in [-0.39, 0.29) is 12.5 Å². The monoisotopic (exact) mass is 293 g/mol. The molecule has 0 aliphatic heterocycles. The summed E-state index contributed by atoms with van der Waals surface area (Å²) in [5, 5.41) is 8.94. The minimum absolute atomic E-state index is 0.100. The topological polar surface area (TPSA) is 49.8 Å². The standard InChI is InChI=1S/C17H27NO3/c1-4-5-8-12-18(13-11-17(19)20)15-9-6-7-10-16(15)21-14(2)3/h6-7,9-10,14H,4-5,8,11-13H2,1-3H3,(H,19,20). The predicted molar refractivity (Wildman–Crippen MR) is 86.2 cm³/mol. The summed E-state index contributed by atoms with van der Waals surface area (Å²) in [7, 11) is 0. The van der Waals surface area contributed by atoms with E-state index in [1.54, 1.807) is 0 Å². The summed E-state index contributed by atoms with van der Waals surface area (Å²) in [5.41, 5.74) is 0.989. The van der Waals surface area contributed by atoms with Crippen molar-refractivity contribution in [3.63, 3.8) is 0 Å². The molecule has 21 heavy (non-hydrogen) atoms. The Hall–Kier alpha value is -1.71. The van der Waals surface area contributed by atoms with E-state index < -0.39 is 5.97 Å². The minimum Gasteiger partial charge on any atom is -0.489 e. The van der Waals surface area contributed by atoms with Crippen molar-refractivity contribution in [2.75, 3.05) is 18.0 Å². The molecule has 4 heteroatoms. The Bertz CT molecular complexity index is 432. The number of nitrogens with zero attached hydrogens (tertiary/aromatic N) is 1. The van der Waals surface area contributed by atoms with Gasteiger partial charge in [0.15, 0.2) is 0 Å². The summed E-state index contributed by atoms with van der Waals surface area (Å²) in [4.78, 5) is 13.0. The van der Waals surface area contributed by atoms with Crippen molar-refractivity contribution in [1.82, 2.24) is 0 Å². The maximum atomic E-state index is 10.9. The maximum absolute atomic E-state index is 10.9. The third-order valence-electron chi connectivity index (χ3n) is 3.20. The van der Waals surface area contributed by atoms with Gasteiger partial charge in [0.25, 0.3) is 0 Å². The molecule has 0 spiro atoms. The number of para-hydroxylation sites is 2. The molecule has 1 aromatic carbocycles. The van der Waals surface area contributed by atoms with Gasteiger partial charge in [-0.3, -0.25) is 4.79 Å². The number of unbranched alkanes of at least 4 members (excludes halogenated alkanes) is 2. The van der Waals surface area contributed by atoms with Gasteiger partial charge in [-0.1, -0.05) is 31.9 Å². The minimum atomic E-state index is -0.766. The lowest BCUT2D eigenvalue weighted by atomic mass is 10.2. The number of anilines is 1. The summed E-state index contributed by atoms with van der Waals surface area (Å²) in [6.45, 7) is 7.53. The Morgan fingerprint density at radius 3 is 2.57 bits per heavy atom. The van der Waals surface area contributed by atoms with Gasteiger partial charge in [0.1, 0.15) is 5.75 Å². The smallest absolute Gasteiger partial charge is 0.305 e. The molecule has 1 rings (SSSR count). The van der Waals surface area contributed by atoms with Crippen LogP contribution in [0.15, 0.2) is 24.3 Å². The summed E-state index contributed by atoms with van der Waals surface area (Å²) >= 11 is 0. The first kappa shape index (κ1) is 17.3. The molecule has 0 saturated heterocycles. The Kier molecular flexibility index (Phi) is 7.65. The normalized spacial score (nSPS) is 10.7. The van der Waals surface area contributed by atoms with Crippen LogP contribution in [-0.2, 0) is 4.79 Å². The molecule has 1 aromatic rings. The van der Waals surface area contributed by atoms with Crippen molar-refractivity contribution in [1.29, 1.82) is 0 Å². The fourth-order valence-corrected chi connectivity index (χ4v) is 2.21. The van der Waals surface area contributed by atoms with Gasteiger partial charge >= 0.3 is 5.97 Å². The first-order chi connectivity index (χ1) is 10.0. The molecule has 0 radical (unpaired) electrons. The number of benzene rings is 1. The SMILES string of the molecule is CCCCCN(CCC(=O)O)c1ccccc1OC(C)C. The summed E-state index contributed by atoms with van der Waals surface area (Å²) in [6, 6.07) is 7.87. The number of ether oxygens (including phenoxy) is 1. The van der Waals surface area contributed by atoms with E-state index in [1.807, 2.05) is 38.1 Å². The number of carbonyl (C=O) groups is 1. The highest BCUT2D eigenvalue weighted by Gasteiger charge is 2.14. The molecular weight excluding hydrogens is 266 g/mol. The van der Waals surface area contributed by atoms with Crippen molar-refractivity contribution in [2.24, 2.45) is 0 Å². The molecular formula is C17H27NO3. The van der Waals surface area contributed by atoms with Crippen LogP contribution in [0.3, 0.4) is 0 Å². The fraction of sp³-hybridized carbons (Fsp3) is 0.588. The van der Waals surface area contributed by atoms with E-state index in [0.717, 1.165) is 37.2 Å². The highest BCUT2D eigenvalue weighted by Crippen LogP contribution is 2.29. The molecule has 4 nitrogen and oxygen atoms in total. The molecule has 0 bridgehead atoms. The van der Waals surface area contributed by atoms with Crippen LogP contribution in [-0.4, -0.2) is 30.3 Å². The largest absolute Gasteiger partial charge is 0.489 e. The highest BCUT2D eigenvalue weighted by atomic mass is 16.5. The number of aliphatic carboxylic acids is 1. The zero-order valence-corrected chi connectivity index (χ0v) is 13.3. The van der Waals surface area contributed by atoms with Crippen LogP contribution in [0.5, 0.6) is 5.75 Å². The van der Waals surface area contributed by atoms with Crippen LogP contribution >= 0.6 is 0 Å². The van der Waals surface area contributed by atoms with Gasteiger partial charge in [-0.15, -0.1) is 0 Å². The van der Waals surface area contributed by atoms with Gasteiger partial charge < -0.3 is 14.7 Å². The molecule has 0 fully saturated rings. The van der Waals surface area contributed by atoms with Crippen molar-refractivity contribution < 1.29 is 14.6 Å². The van der Waals surface area contributed by atoms with E-state index in [0.29, 0.717) is 6.54 Å². The Morgan fingerprint density at radius 2 is 1.95 bits per heavy atom. The molecule has 0 heterocycles. The third-order valence-corrected chi connectivity index (χ3v) is 3.20. The van der Waals surface area contributed by atoms with Gasteiger partial charge in [0.2, 0.25) is 0 Å². The van der Waals surface area contributed by atoms with E-state index in [9.17, 15) is 4.79 Å². The third kappa shape index (κ3) is 6.52. The molecule has 0 amide bonds. The van der Waals surface area contributed by atoms with Crippen LogP contribution in [0.1, 0.15) is 46.5 Å². The fourth-order valence-electron chi connectivity index (χ4n) is 2.21. The predicted octanol–water partition coefficient (Wildman–Crippen LogP) is 3.95. The van der Waals surface area contributed by atoms with Gasteiger partial charge in [-0.2, -0.15) is 0 Å². The second-order valence-corrected chi connectivity index (χ2v) is 5.47. The van der Waals surface area contributed by atoms with E-state index in [4.69, 9.17) is 9.84 Å². The molecule has 0 aliphatic carbocycles. The molecule has 1 N–H and O–H groups in total. The lowest BCUT2D eigenvalue weighted by molar-refractivity contribution is -0.136. The van der Waals surface area contributed by atoms with Crippen LogP contribution in [0.2, 0.25) is 0 Å². The second kappa shape index (κ2) is 9.27. The van der Waals surface area contributed by atoms with Gasteiger partial charge in [0.05, 0.1) is 18.2 Å². The second-order valence-electron chi connectivity index (χ2n) is 5.47. The average molecular weight is 293 g/mol. The quantitative estimate of drug-likeness (QED) is 0.664. The van der Waals surface area contributed by atoms with E-state index >= 15 is 0 Å². The van der Waals surface area contributed by atoms with Crippen LogP contribution < -0.4 is 9.64 Å². The molecule has 0 unspecified atom stereocenters. The average Bonchev–Trinajstić information content (AvgIpc) is 2.43. The van der Waals surface area contributed by atoms with Gasteiger partial charge in [0, 0.05) is 13.1 Å². The maximum Gasteiger partial charge on any atom is 0.305 e. The molecule has 118 valence electrons. The Labute approximate surface area is 127 Å². The first-order valence-corrected chi connectivity index (χ1v) is 7.77. The molecule has 0 aromatic heterocycles. The number of carboxylic acid groups (broad SMARTS) is 1. The van der Waals surface area contributed by atoms with Crippen molar-refractivity contribution >= 4 is 11.7 Å². The molecule has 0 aliphatic rings. The van der Waals surface area contributed by atoms with Crippen molar-refractivity contribution in [3.8, 4) is 5.75 Å². The van der Waals surface area contributed by atoms with Crippen molar-refractivity contribution in [3.05, 3.63) is 24.3 Å². The summed E-state index contributed by atoms with van der Waals surface area (Å²) in [5.74, 6) is 0.0622. The van der Waals surface area contributed by atoms with Gasteiger partial charge in [-0.25, -0.2) is 0 Å². The van der Waals surface area contributed by atoms with Crippen LogP contribution in [0, 0.1) is 0 Å². The molecule has 0 atom stereocenters. The number of carboxylic acids is 1. The van der Waals surface area contributed by atoms with Crippen LogP contribution in [0.25, 0.3) is 0 Å². The lowest BCUT2D eigenvalue weighted by Crippen LogP contribution is -2.28. The summed E-state index contributed by atoms with van der Waals surface area (Å²) in [6.07, 6.45) is 3.60. The highest BCUT2D eigenvalue weighted by molar-refractivity contribution is 5.68. The van der Waals surface area contributed by atoms with E-state index in [1.165, 1.54) is 0 Å². The molecule has 0 saturated carbocycles. The van der Waals surface area contributed by atoms with E-state index in [2.05, 4.69) is 11.8 Å².